The third-order valence-electron chi connectivity index (χ3n) is 4.23. The van der Waals surface area contributed by atoms with Gasteiger partial charge in [-0.1, -0.05) is 12.8 Å². The fraction of sp³-hybridized carbons (Fsp3) is 0.846. The van der Waals surface area contributed by atoms with Crippen LogP contribution in [0.25, 0.3) is 0 Å². The normalized spacial score (nSPS) is 26.5. The van der Waals surface area contributed by atoms with Crippen molar-refractivity contribution in [3.63, 3.8) is 0 Å². The summed E-state index contributed by atoms with van der Waals surface area (Å²) in [6.45, 7) is 1.01. The van der Waals surface area contributed by atoms with Crippen molar-refractivity contribution < 1.29 is 19.8 Å². The van der Waals surface area contributed by atoms with E-state index in [0.29, 0.717) is 25.9 Å². The first-order valence-corrected chi connectivity index (χ1v) is 6.68. The van der Waals surface area contributed by atoms with Gasteiger partial charge in [0.1, 0.15) is 0 Å². The average molecular weight is 255 g/mol. The molecule has 1 aliphatic heterocycles. The largest absolute Gasteiger partial charge is 0.481 e. The molecule has 2 rings (SSSR count). The molecular weight excluding hydrogens is 234 g/mol. The average Bonchev–Trinajstić information content (AvgIpc) is 2.87. The molecule has 2 N–H and O–H groups in total. The summed E-state index contributed by atoms with van der Waals surface area (Å²) in [6, 6.07) is 0. The number of aliphatic hydroxyl groups excluding tert-OH is 1. The first-order valence-electron chi connectivity index (χ1n) is 6.68. The SMILES string of the molecule is O=C(O)CC1(CC(=O)N2CCC(O)C2)CCCC1. The molecule has 0 bridgehead atoms. The van der Waals surface area contributed by atoms with Crippen molar-refractivity contribution >= 4 is 11.9 Å². The van der Waals surface area contributed by atoms with Gasteiger partial charge in [-0.15, -0.1) is 0 Å². The van der Waals surface area contributed by atoms with Crippen LogP contribution in [0.15, 0.2) is 0 Å². The minimum atomic E-state index is -0.814. The standard InChI is InChI=1S/C13H21NO4/c15-10-3-6-14(9-10)11(16)7-13(8-12(17)18)4-1-2-5-13/h10,15H,1-9H2,(H,17,18). The minimum absolute atomic E-state index is 0.00898. The molecule has 0 aromatic rings. The molecule has 102 valence electrons. The Morgan fingerprint density at radius 1 is 1.22 bits per heavy atom. The molecule has 0 radical (unpaired) electrons. The zero-order valence-electron chi connectivity index (χ0n) is 10.6. The van der Waals surface area contributed by atoms with E-state index in [2.05, 4.69) is 0 Å². The van der Waals surface area contributed by atoms with Crippen molar-refractivity contribution in [2.24, 2.45) is 5.41 Å². The van der Waals surface area contributed by atoms with Crippen LogP contribution in [-0.2, 0) is 9.59 Å². The Morgan fingerprint density at radius 3 is 2.39 bits per heavy atom. The number of carbonyl (C=O) groups excluding carboxylic acids is 1. The highest BCUT2D eigenvalue weighted by Gasteiger charge is 2.39. The summed E-state index contributed by atoms with van der Waals surface area (Å²) in [7, 11) is 0. The number of nitrogens with zero attached hydrogens (tertiary/aromatic N) is 1. The van der Waals surface area contributed by atoms with Crippen LogP contribution < -0.4 is 0 Å². The fourth-order valence-electron chi connectivity index (χ4n) is 3.26. The molecule has 1 unspecified atom stereocenters. The van der Waals surface area contributed by atoms with E-state index >= 15 is 0 Å². The van der Waals surface area contributed by atoms with Gasteiger partial charge in [0.05, 0.1) is 12.5 Å². The highest BCUT2D eigenvalue weighted by Crippen LogP contribution is 2.44. The number of aliphatic carboxylic acids is 1. The van der Waals surface area contributed by atoms with Crippen LogP contribution in [0.2, 0.25) is 0 Å². The number of likely N-dealkylation sites (tertiary alicyclic amines) is 1. The van der Waals surface area contributed by atoms with Gasteiger partial charge in [-0.25, -0.2) is 0 Å². The Hall–Kier alpha value is -1.10. The maximum Gasteiger partial charge on any atom is 0.303 e. The van der Waals surface area contributed by atoms with Crippen molar-refractivity contribution in [3.05, 3.63) is 0 Å². The number of aliphatic hydroxyl groups is 1. The molecule has 2 fully saturated rings. The zero-order chi connectivity index (χ0) is 13.2. The third kappa shape index (κ3) is 3.02. The van der Waals surface area contributed by atoms with Crippen LogP contribution in [0.4, 0.5) is 0 Å². The number of β-amino-alcohol motifs (C(OH)–C–C–N with tert-alkyl or cyclic N) is 1. The van der Waals surface area contributed by atoms with E-state index in [9.17, 15) is 14.7 Å². The number of carbonyl (C=O) groups is 2. The number of carboxylic acid groups (broad SMARTS) is 1. The summed E-state index contributed by atoms with van der Waals surface area (Å²) in [5.74, 6) is -0.805. The van der Waals surface area contributed by atoms with Gasteiger partial charge in [0, 0.05) is 19.5 Å². The molecule has 18 heavy (non-hydrogen) atoms. The Morgan fingerprint density at radius 2 is 1.89 bits per heavy atom. The molecular formula is C13H21NO4. The fourth-order valence-corrected chi connectivity index (χ4v) is 3.26. The summed E-state index contributed by atoms with van der Waals surface area (Å²) >= 11 is 0. The molecule has 2 aliphatic rings. The molecule has 0 aromatic heterocycles. The minimum Gasteiger partial charge on any atom is -0.481 e. The summed E-state index contributed by atoms with van der Waals surface area (Å²) in [6.07, 6.45) is 4.35. The predicted molar refractivity (Wildman–Crippen MR) is 65.0 cm³/mol. The second kappa shape index (κ2) is 5.26. The lowest BCUT2D eigenvalue weighted by atomic mass is 9.79. The molecule has 1 saturated heterocycles. The second-order valence-corrected chi connectivity index (χ2v) is 5.74. The third-order valence-corrected chi connectivity index (χ3v) is 4.23. The van der Waals surface area contributed by atoms with E-state index in [1.54, 1.807) is 4.90 Å². The van der Waals surface area contributed by atoms with Crippen molar-refractivity contribution in [2.45, 2.75) is 51.0 Å². The van der Waals surface area contributed by atoms with Gasteiger partial charge in [0.15, 0.2) is 0 Å². The van der Waals surface area contributed by atoms with E-state index in [1.807, 2.05) is 0 Å². The van der Waals surface area contributed by atoms with Gasteiger partial charge in [-0.3, -0.25) is 9.59 Å². The lowest BCUT2D eigenvalue weighted by Gasteiger charge is -2.28. The van der Waals surface area contributed by atoms with Crippen molar-refractivity contribution in [1.29, 1.82) is 0 Å². The van der Waals surface area contributed by atoms with Crippen LogP contribution in [-0.4, -0.2) is 46.2 Å². The first-order chi connectivity index (χ1) is 8.51. The summed E-state index contributed by atoms with van der Waals surface area (Å²) in [5, 5.41) is 18.4. The summed E-state index contributed by atoms with van der Waals surface area (Å²) < 4.78 is 0. The maximum absolute atomic E-state index is 12.2. The van der Waals surface area contributed by atoms with Gasteiger partial charge in [0.2, 0.25) is 5.91 Å². The second-order valence-electron chi connectivity index (χ2n) is 5.74. The highest BCUT2D eigenvalue weighted by molar-refractivity contribution is 5.78. The van der Waals surface area contributed by atoms with E-state index in [4.69, 9.17) is 5.11 Å². The number of carboxylic acids is 1. The Labute approximate surface area is 107 Å². The van der Waals surface area contributed by atoms with Gasteiger partial charge < -0.3 is 15.1 Å². The first kappa shape index (κ1) is 13.3. The lowest BCUT2D eigenvalue weighted by molar-refractivity contribution is -0.141. The molecule has 0 spiro atoms. The van der Waals surface area contributed by atoms with Crippen molar-refractivity contribution in [3.8, 4) is 0 Å². The monoisotopic (exact) mass is 255 g/mol. The van der Waals surface area contributed by atoms with Crippen molar-refractivity contribution in [2.75, 3.05) is 13.1 Å². The van der Waals surface area contributed by atoms with Gasteiger partial charge in [-0.2, -0.15) is 0 Å². The molecule has 1 aliphatic carbocycles. The smallest absolute Gasteiger partial charge is 0.303 e. The van der Waals surface area contributed by atoms with E-state index in [1.165, 1.54) is 0 Å². The Kier molecular flexibility index (Phi) is 3.90. The van der Waals surface area contributed by atoms with Crippen LogP contribution in [0, 0.1) is 5.41 Å². The lowest BCUT2D eigenvalue weighted by Crippen LogP contribution is -2.35. The Bertz CT molecular complexity index is 336. The summed E-state index contributed by atoms with van der Waals surface area (Å²) in [4.78, 5) is 24.8. The quantitative estimate of drug-likeness (QED) is 0.785. The number of hydrogen-bond acceptors (Lipinski definition) is 3. The van der Waals surface area contributed by atoms with Crippen LogP contribution >= 0.6 is 0 Å². The van der Waals surface area contributed by atoms with E-state index in [0.717, 1.165) is 25.7 Å². The van der Waals surface area contributed by atoms with Crippen LogP contribution in [0.1, 0.15) is 44.9 Å². The maximum atomic E-state index is 12.2. The Balaban J connectivity index is 1.96. The molecule has 1 atom stereocenters. The molecule has 5 nitrogen and oxygen atoms in total. The van der Waals surface area contributed by atoms with Crippen molar-refractivity contribution in [1.82, 2.24) is 4.90 Å². The van der Waals surface area contributed by atoms with Gasteiger partial charge in [-0.05, 0) is 24.7 Å². The topological polar surface area (TPSA) is 77.8 Å². The predicted octanol–water partition coefficient (Wildman–Crippen LogP) is 1.00. The van der Waals surface area contributed by atoms with Crippen LogP contribution in [0.5, 0.6) is 0 Å². The number of rotatable bonds is 4. The van der Waals surface area contributed by atoms with Crippen LogP contribution in [0.3, 0.4) is 0 Å². The van der Waals surface area contributed by atoms with E-state index in [-0.39, 0.29) is 17.7 Å². The molecule has 5 heteroatoms. The number of amides is 1. The number of hydrogen-bond donors (Lipinski definition) is 2. The molecule has 1 heterocycles. The zero-order valence-corrected chi connectivity index (χ0v) is 10.6. The molecule has 1 saturated carbocycles. The molecule has 1 amide bonds. The summed E-state index contributed by atoms with van der Waals surface area (Å²) in [5.41, 5.74) is -0.337. The van der Waals surface area contributed by atoms with Gasteiger partial charge in [0.25, 0.3) is 0 Å². The molecule has 0 aromatic carbocycles. The van der Waals surface area contributed by atoms with Gasteiger partial charge >= 0.3 is 5.97 Å². The van der Waals surface area contributed by atoms with E-state index < -0.39 is 12.1 Å². The highest BCUT2D eigenvalue weighted by atomic mass is 16.4.